The highest BCUT2D eigenvalue weighted by atomic mass is 32.2. The zero-order valence-corrected chi connectivity index (χ0v) is 12.0. The van der Waals surface area contributed by atoms with Crippen LogP contribution in [0.2, 0.25) is 0 Å². The van der Waals surface area contributed by atoms with Gasteiger partial charge in [-0.15, -0.1) is 0 Å². The molecule has 1 rings (SSSR count). The fraction of sp³-hybridized carbons (Fsp3) is 0.364. The summed E-state index contributed by atoms with van der Waals surface area (Å²) >= 11 is 1.47. The molecule has 0 heterocycles. The van der Waals surface area contributed by atoms with Crippen LogP contribution in [-0.4, -0.2) is 32.4 Å². The summed E-state index contributed by atoms with van der Waals surface area (Å²) in [5, 5.41) is 7.72. The van der Waals surface area contributed by atoms with E-state index in [0.29, 0.717) is 18.8 Å². The summed E-state index contributed by atoms with van der Waals surface area (Å²) in [4.78, 5) is 11.5. The molecule has 0 aliphatic rings. The van der Waals surface area contributed by atoms with Crippen LogP contribution in [0.15, 0.2) is 29.2 Å². The van der Waals surface area contributed by atoms with Crippen LogP contribution >= 0.6 is 11.8 Å². The highest BCUT2D eigenvalue weighted by Gasteiger charge is 2.07. The fourth-order valence-corrected chi connectivity index (χ4v) is 2.41. The number of hydrogen-bond donors (Lipinski definition) is 3. The van der Waals surface area contributed by atoms with E-state index in [-0.39, 0.29) is 10.8 Å². The van der Waals surface area contributed by atoms with E-state index in [0.717, 1.165) is 11.3 Å². The highest BCUT2D eigenvalue weighted by molar-refractivity contribution is 7.99. The maximum absolute atomic E-state index is 11.4. The van der Waals surface area contributed by atoms with Crippen LogP contribution in [0, 0.1) is 0 Å². The van der Waals surface area contributed by atoms with Crippen molar-refractivity contribution in [2.75, 3.05) is 18.1 Å². The van der Waals surface area contributed by atoms with Gasteiger partial charge in [-0.25, -0.2) is 13.6 Å². The number of hydrogen-bond acceptors (Lipinski definition) is 5. The molecule has 1 aromatic carbocycles. The van der Waals surface area contributed by atoms with E-state index in [4.69, 9.17) is 10.9 Å². The number of thioether (sulfide) groups is 1. The number of nitrogens with two attached hydrogens (primary N) is 2. The number of rotatable bonds is 7. The lowest BCUT2D eigenvalue weighted by Crippen LogP contribution is -2.25. The van der Waals surface area contributed by atoms with Crippen LogP contribution in [0.4, 0.5) is 0 Å². The molecule has 0 atom stereocenters. The Kier molecular flexibility index (Phi) is 6.29. The fourth-order valence-electron chi connectivity index (χ4n) is 1.30. The van der Waals surface area contributed by atoms with Gasteiger partial charge in [-0.05, 0) is 17.7 Å². The van der Waals surface area contributed by atoms with Gasteiger partial charge in [-0.1, -0.05) is 12.1 Å². The van der Waals surface area contributed by atoms with Crippen molar-refractivity contribution in [2.45, 2.75) is 11.4 Å². The van der Waals surface area contributed by atoms with Gasteiger partial charge >= 0.3 is 0 Å². The van der Waals surface area contributed by atoms with Crippen LogP contribution in [0.1, 0.15) is 5.56 Å². The molecule has 1 aromatic rings. The number of carbonyl (C=O) groups excluding carboxylic acids is 1. The predicted octanol–water partition coefficient (Wildman–Crippen LogP) is -0.358. The SMILES string of the molecule is NCCSCC(=O)NCc1ccc(S(N)(=O)=O)cc1. The molecule has 6 nitrogen and oxygen atoms in total. The Morgan fingerprint density at radius 1 is 1.26 bits per heavy atom. The van der Waals surface area contributed by atoms with Crippen molar-refractivity contribution in [2.24, 2.45) is 10.9 Å². The summed E-state index contributed by atoms with van der Waals surface area (Å²) in [7, 11) is -3.67. The normalized spacial score (nSPS) is 11.3. The molecule has 0 radical (unpaired) electrons. The summed E-state index contributed by atoms with van der Waals surface area (Å²) in [6.07, 6.45) is 0. The van der Waals surface area contributed by atoms with Gasteiger partial charge in [-0.3, -0.25) is 4.79 Å². The lowest BCUT2D eigenvalue weighted by molar-refractivity contribution is -0.118. The number of benzene rings is 1. The Bertz CT molecular complexity index is 514. The monoisotopic (exact) mass is 303 g/mol. The average molecular weight is 303 g/mol. The Morgan fingerprint density at radius 3 is 2.42 bits per heavy atom. The van der Waals surface area contributed by atoms with Crippen molar-refractivity contribution in [3.63, 3.8) is 0 Å². The van der Waals surface area contributed by atoms with Crippen molar-refractivity contribution >= 4 is 27.7 Å². The minimum Gasteiger partial charge on any atom is -0.351 e. The summed E-state index contributed by atoms with van der Waals surface area (Å²) in [5.41, 5.74) is 6.13. The maximum atomic E-state index is 11.4. The zero-order valence-electron chi connectivity index (χ0n) is 10.3. The number of primary sulfonamides is 1. The Labute approximate surface area is 117 Å². The average Bonchev–Trinajstić information content (AvgIpc) is 2.36. The topological polar surface area (TPSA) is 115 Å². The van der Waals surface area contributed by atoms with E-state index >= 15 is 0 Å². The van der Waals surface area contributed by atoms with Gasteiger partial charge in [0.05, 0.1) is 10.6 Å². The highest BCUT2D eigenvalue weighted by Crippen LogP contribution is 2.08. The van der Waals surface area contributed by atoms with Crippen molar-refractivity contribution in [3.05, 3.63) is 29.8 Å². The van der Waals surface area contributed by atoms with Crippen LogP contribution in [0.25, 0.3) is 0 Å². The molecule has 0 bridgehead atoms. The Morgan fingerprint density at radius 2 is 1.89 bits per heavy atom. The third-order valence-corrected chi connectivity index (χ3v) is 4.16. The summed E-state index contributed by atoms with van der Waals surface area (Å²) in [5.74, 6) is 1.04. The third-order valence-electron chi connectivity index (χ3n) is 2.24. The van der Waals surface area contributed by atoms with Crippen LogP contribution in [-0.2, 0) is 21.4 Å². The molecule has 0 fully saturated rings. The molecule has 0 aliphatic heterocycles. The Hall–Kier alpha value is -1.09. The first-order valence-corrected chi connectivity index (χ1v) is 8.30. The number of amides is 1. The molecule has 106 valence electrons. The molecule has 5 N–H and O–H groups in total. The van der Waals surface area contributed by atoms with E-state index < -0.39 is 10.0 Å². The molecule has 8 heteroatoms. The molecule has 1 amide bonds. The largest absolute Gasteiger partial charge is 0.351 e. The second-order valence-corrected chi connectivity index (χ2v) is 6.47. The first-order chi connectivity index (χ1) is 8.93. The van der Waals surface area contributed by atoms with E-state index in [1.165, 1.54) is 23.9 Å². The van der Waals surface area contributed by atoms with Crippen molar-refractivity contribution in [1.82, 2.24) is 5.32 Å². The molecule has 19 heavy (non-hydrogen) atoms. The molecule has 0 unspecified atom stereocenters. The van der Waals surface area contributed by atoms with E-state index in [2.05, 4.69) is 5.32 Å². The van der Waals surface area contributed by atoms with E-state index in [1.807, 2.05) is 0 Å². The van der Waals surface area contributed by atoms with Crippen molar-refractivity contribution < 1.29 is 13.2 Å². The standard InChI is InChI=1S/C11H17N3O3S2/c12-5-6-18-8-11(15)14-7-9-1-3-10(4-2-9)19(13,16)17/h1-4H,5-8,12H2,(H,14,15)(H2,13,16,17). The minimum atomic E-state index is -3.67. The lowest BCUT2D eigenvalue weighted by Gasteiger charge is -2.06. The second-order valence-electron chi connectivity index (χ2n) is 3.81. The van der Waals surface area contributed by atoms with E-state index in [9.17, 15) is 13.2 Å². The summed E-state index contributed by atoms with van der Waals surface area (Å²) in [6.45, 7) is 0.903. The van der Waals surface area contributed by atoms with Gasteiger partial charge in [0.15, 0.2) is 0 Å². The number of nitrogens with one attached hydrogen (secondary N) is 1. The molecule has 0 spiro atoms. The van der Waals surface area contributed by atoms with Crippen LogP contribution in [0.5, 0.6) is 0 Å². The molecule has 0 saturated carbocycles. The van der Waals surface area contributed by atoms with Gasteiger partial charge in [0, 0.05) is 18.8 Å². The van der Waals surface area contributed by atoms with Gasteiger partial charge < -0.3 is 11.1 Å². The predicted molar refractivity (Wildman–Crippen MR) is 76.0 cm³/mol. The molecular formula is C11H17N3O3S2. The smallest absolute Gasteiger partial charge is 0.238 e. The Balaban J connectivity index is 2.44. The van der Waals surface area contributed by atoms with Gasteiger partial charge in [0.1, 0.15) is 0 Å². The summed E-state index contributed by atoms with van der Waals surface area (Å²) < 4.78 is 22.1. The number of sulfonamides is 1. The summed E-state index contributed by atoms with van der Waals surface area (Å²) in [6, 6.07) is 6.07. The maximum Gasteiger partial charge on any atom is 0.238 e. The van der Waals surface area contributed by atoms with Gasteiger partial charge in [-0.2, -0.15) is 11.8 Å². The van der Waals surface area contributed by atoms with Crippen LogP contribution in [0.3, 0.4) is 0 Å². The van der Waals surface area contributed by atoms with Crippen molar-refractivity contribution in [1.29, 1.82) is 0 Å². The second kappa shape index (κ2) is 7.49. The molecule has 0 aliphatic carbocycles. The lowest BCUT2D eigenvalue weighted by atomic mass is 10.2. The quantitative estimate of drug-likeness (QED) is 0.595. The van der Waals surface area contributed by atoms with Crippen molar-refractivity contribution in [3.8, 4) is 0 Å². The first-order valence-electron chi connectivity index (χ1n) is 5.59. The zero-order chi connectivity index (χ0) is 14.3. The number of carbonyl (C=O) groups is 1. The van der Waals surface area contributed by atoms with E-state index in [1.54, 1.807) is 12.1 Å². The molecule has 0 aromatic heterocycles. The first kappa shape index (κ1) is 16.0. The third kappa shape index (κ3) is 6.06. The molecular weight excluding hydrogens is 286 g/mol. The molecule has 0 saturated heterocycles. The minimum absolute atomic E-state index is 0.0566. The van der Waals surface area contributed by atoms with Crippen LogP contribution < -0.4 is 16.2 Å². The van der Waals surface area contributed by atoms with Gasteiger partial charge in [0.25, 0.3) is 0 Å². The van der Waals surface area contributed by atoms with Gasteiger partial charge in [0.2, 0.25) is 15.9 Å².